The Morgan fingerprint density at radius 1 is 1.26 bits per heavy atom. The van der Waals surface area contributed by atoms with E-state index in [2.05, 4.69) is 11.6 Å². The van der Waals surface area contributed by atoms with E-state index in [1.165, 1.54) is 6.20 Å². The molecule has 5 heteroatoms. The molecule has 0 atom stereocenters. The Balaban J connectivity index is 2.86. The van der Waals surface area contributed by atoms with Gasteiger partial charge in [0, 0.05) is 24.4 Å². The second-order valence-corrected chi connectivity index (χ2v) is 3.75. The van der Waals surface area contributed by atoms with Crippen molar-refractivity contribution >= 4 is 11.9 Å². The lowest BCUT2D eigenvalue weighted by atomic mass is 10.0. The zero-order chi connectivity index (χ0) is 14.3. The van der Waals surface area contributed by atoms with Gasteiger partial charge in [-0.3, -0.25) is 4.98 Å². The van der Waals surface area contributed by atoms with E-state index in [9.17, 15) is 9.59 Å². The van der Waals surface area contributed by atoms with E-state index in [4.69, 9.17) is 9.47 Å². The van der Waals surface area contributed by atoms with Gasteiger partial charge in [0.2, 0.25) is 0 Å². The van der Waals surface area contributed by atoms with Crippen molar-refractivity contribution in [2.75, 3.05) is 13.2 Å². The van der Waals surface area contributed by atoms with E-state index in [0.717, 1.165) is 0 Å². The number of aromatic nitrogens is 1. The quantitative estimate of drug-likeness (QED) is 0.579. The van der Waals surface area contributed by atoms with Crippen molar-refractivity contribution < 1.29 is 19.1 Å². The highest BCUT2D eigenvalue weighted by atomic mass is 16.5. The van der Waals surface area contributed by atoms with Gasteiger partial charge in [0.05, 0.1) is 18.8 Å². The van der Waals surface area contributed by atoms with Crippen LogP contribution in [0.5, 0.6) is 0 Å². The van der Waals surface area contributed by atoms with Gasteiger partial charge in [-0.15, -0.1) is 0 Å². The van der Waals surface area contributed by atoms with Gasteiger partial charge in [-0.25, -0.2) is 9.59 Å². The van der Waals surface area contributed by atoms with Crippen LogP contribution in [0, 0.1) is 0 Å². The number of nitrogens with zero attached hydrogens (tertiary/aromatic N) is 1. The van der Waals surface area contributed by atoms with Crippen LogP contribution in [0.1, 0.15) is 29.8 Å². The highest BCUT2D eigenvalue weighted by Gasteiger charge is 2.16. The topological polar surface area (TPSA) is 65.5 Å². The molecule has 0 aliphatic carbocycles. The van der Waals surface area contributed by atoms with Gasteiger partial charge in [0.1, 0.15) is 0 Å². The van der Waals surface area contributed by atoms with Crippen LogP contribution in [-0.4, -0.2) is 30.1 Å². The van der Waals surface area contributed by atoms with E-state index >= 15 is 0 Å². The monoisotopic (exact) mass is 263 g/mol. The van der Waals surface area contributed by atoms with Gasteiger partial charge in [0.25, 0.3) is 0 Å². The average molecular weight is 263 g/mol. The Labute approximate surface area is 112 Å². The minimum atomic E-state index is -0.464. The summed E-state index contributed by atoms with van der Waals surface area (Å²) in [6, 6.07) is 1.66. The van der Waals surface area contributed by atoms with E-state index in [1.807, 2.05) is 0 Å². The summed E-state index contributed by atoms with van der Waals surface area (Å²) in [6.45, 7) is 7.69. The minimum absolute atomic E-state index is 0.232. The summed E-state index contributed by atoms with van der Waals surface area (Å²) in [6.07, 6.45) is 3.21. The van der Waals surface area contributed by atoms with Crippen molar-refractivity contribution in [3.8, 4) is 0 Å². The van der Waals surface area contributed by atoms with Crippen molar-refractivity contribution in [2.24, 2.45) is 0 Å². The van der Waals surface area contributed by atoms with Gasteiger partial charge >= 0.3 is 11.9 Å². The molecule has 0 saturated heterocycles. The molecule has 0 bridgehead atoms. The average Bonchev–Trinajstić information content (AvgIpc) is 2.39. The van der Waals surface area contributed by atoms with Gasteiger partial charge < -0.3 is 9.47 Å². The highest BCUT2D eigenvalue weighted by molar-refractivity contribution is 5.92. The molecular formula is C14H17NO4. The third-order valence-corrected chi connectivity index (χ3v) is 2.37. The van der Waals surface area contributed by atoms with Crippen LogP contribution in [0.4, 0.5) is 0 Å². The maximum atomic E-state index is 11.7. The lowest BCUT2D eigenvalue weighted by Gasteiger charge is -2.09. The number of rotatable bonds is 6. The molecule has 5 nitrogen and oxygen atoms in total. The third kappa shape index (κ3) is 4.21. The fourth-order valence-corrected chi connectivity index (χ4v) is 1.51. The molecular weight excluding hydrogens is 246 g/mol. The van der Waals surface area contributed by atoms with E-state index in [-0.39, 0.29) is 13.0 Å². The van der Waals surface area contributed by atoms with Crippen molar-refractivity contribution in [3.05, 3.63) is 41.7 Å². The van der Waals surface area contributed by atoms with Crippen LogP contribution in [0.15, 0.2) is 30.6 Å². The molecule has 0 saturated carbocycles. The molecule has 0 unspecified atom stereocenters. The molecule has 0 aliphatic heterocycles. The Bertz CT molecular complexity index is 482. The van der Waals surface area contributed by atoms with Crippen molar-refractivity contribution in [3.63, 3.8) is 0 Å². The Kier molecular flexibility index (Phi) is 5.73. The smallest absolute Gasteiger partial charge is 0.339 e. The first-order valence-electron chi connectivity index (χ1n) is 6.05. The summed E-state index contributed by atoms with van der Waals surface area (Å²) in [4.78, 5) is 27.1. The minimum Gasteiger partial charge on any atom is -0.463 e. The van der Waals surface area contributed by atoms with Gasteiger partial charge in [-0.05, 0) is 25.5 Å². The van der Waals surface area contributed by atoms with E-state index < -0.39 is 11.9 Å². The van der Waals surface area contributed by atoms with Crippen molar-refractivity contribution in [1.29, 1.82) is 0 Å². The summed E-state index contributed by atoms with van der Waals surface area (Å²) in [5, 5.41) is 0. The maximum absolute atomic E-state index is 11.7. The summed E-state index contributed by atoms with van der Waals surface area (Å²) in [7, 11) is 0. The maximum Gasteiger partial charge on any atom is 0.339 e. The van der Waals surface area contributed by atoms with Gasteiger partial charge in [0.15, 0.2) is 0 Å². The third-order valence-electron chi connectivity index (χ3n) is 2.37. The van der Waals surface area contributed by atoms with Crippen LogP contribution in [-0.2, 0) is 20.7 Å². The largest absolute Gasteiger partial charge is 0.463 e. The number of pyridine rings is 1. The zero-order valence-electron chi connectivity index (χ0n) is 11.1. The predicted octanol–water partition coefficient (Wildman–Crippen LogP) is 1.92. The van der Waals surface area contributed by atoms with Crippen LogP contribution < -0.4 is 0 Å². The molecule has 0 aliphatic rings. The number of hydrogen-bond acceptors (Lipinski definition) is 5. The normalized spacial score (nSPS) is 9.79. The van der Waals surface area contributed by atoms with E-state index in [0.29, 0.717) is 23.3 Å². The van der Waals surface area contributed by atoms with Crippen LogP contribution in [0.3, 0.4) is 0 Å². The number of carbonyl (C=O) groups excluding carboxylic acids is 2. The molecule has 0 radical (unpaired) electrons. The number of esters is 2. The lowest BCUT2D eigenvalue weighted by molar-refractivity contribution is -0.138. The van der Waals surface area contributed by atoms with Crippen molar-refractivity contribution in [2.45, 2.75) is 20.3 Å². The van der Waals surface area contributed by atoms with E-state index in [1.54, 1.807) is 26.1 Å². The second kappa shape index (κ2) is 7.31. The fraction of sp³-hybridized carbons (Fsp3) is 0.357. The van der Waals surface area contributed by atoms with Gasteiger partial charge in [-0.1, -0.05) is 6.58 Å². The Morgan fingerprint density at radius 3 is 2.58 bits per heavy atom. The fourth-order valence-electron chi connectivity index (χ4n) is 1.51. The first-order valence-corrected chi connectivity index (χ1v) is 6.05. The molecule has 1 aromatic rings. The first kappa shape index (κ1) is 14.9. The number of carbonyl (C=O) groups is 2. The van der Waals surface area contributed by atoms with Crippen LogP contribution >= 0.6 is 0 Å². The molecule has 1 aromatic heterocycles. The molecule has 0 aromatic carbocycles. The number of hydrogen-bond donors (Lipinski definition) is 0. The molecule has 1 heterocycles. The molecule has 0 fully saturated rings. The summed E-state index contributed by atoms with van der Waals surface area (Å²) in [5.41, 5.74) is 1.28. The van der Waals surface area contributed by atoms with Gasteiger partial charge in [-0.2, -0.15) is 0 Å². The SMILES string of the molecule is C=C(Cc1ccncc1C(=O)OCC)C(=O)OCC. The van der Waals surface area contributed by atoms with Crippen molar-refractivity contribution in [1.82, 2.24) is 4.98 Å². The summed E-state index contributed by atoms with van der Waals surface area (Å²) < 4.78 is 9.79. The molecule has 19 heavy (non-hydrogen) atoms. The number of ether oxygens (including phenoxy) is 2. The lowest BCUT2D eigenvalue weighted by Crippen LogP contribution is -2.13. The summed E-state index contributed by atoms with van der Waals surface area (Å²) >= 11 is 0. The molecule has 0 spiro atoms. The molecule has 1 rings (SSSR count). The second-order valence-electron chi connectivity index (χ2n) is 3.75. The first-order chi connectivity index (χ1) is 9.10. The Hall–Kier alpha value is -2.17. The Morgan fingerprint density at radius 2 is 1.95 bits per heavy atom. The van der Waals surface area contributed by atoms with Crippen LogP contribution in [0.2, 0.25) is 0 Å². The predicted molar refractivity (Wildman–Crippen MR) is 69.7 cm³/mol. The molecule has 102 valence electrons. The summed E-state index contributed by atoms with van der Waals surface area (Å²) in [5.74, 6) is -0.920. The highest BCUT2D eigenvalue weighted by Crippen LogP contribution is 2.14. The molecule has 0 N–H and O–H groups in total. The van der Waals surface area contributed by atoms with Crippen LogP contribution in [0.25, 0.3) is 0 Å². The zero-order valence-corrected chi connectivity index (χ0v) is 11.1. The molecule has 0 amide bonds. The standard InChI is InChI=1S/C14H17NO4/c1-4-18-13(16)10(3)8-11-6-7-15-9-12(11)14(17)19-5-2/h6-7,9H,3-5,8H2,1-2H3.